The van der Waals surface area contributed by atoms with Crippen molar-refractivity contribution in [3.8, 4) is 10.6 Å². The average Bonchev–Trinajstić information content (AvgIpc) is 3.15. The van der Waals surface area contributed by atoms with Crippen LogP contribution >= 0.6 is 11.3 Å². The summed E-state index contributed by atoms with van der Waals surface area (Å²) in [7, 11) is 2.06. The minimum Gasteiger partial charge on any atom is -0.351 e. The molecule has 4 nitrogen and oxygen atoms in total. The van der Waals surface area contributed by atoms with E-state index in [0.29, 0.717) is 6.54 Å². The summed E-state index contributed by atoms with van der Waals surface area (Å²) in [5, 5.41) is 4.03. The molecule has 5 heteroatoms. The number of rotatable bonds is 4. The van der Waals surface area contributed by atoms with Crippen molar-refractivity contribution >= 4 is 17.2 Å². The first-order valence-corrected chi connectivity index (χ1v) is 8.00. The molecule has 0 saturated carbocycles. The normalized spacial score (nSPS) is 18.8. The number of nitrogens with zero attached hydrogens (tertiary/aromatic N) is 2. The van der Waals surface area contributed by atoms with Gasteiger partial charge in [-0.1, -0.05) is 30.3 Å². The van der Waals surface area contributed by atoms with E-state index < -0.39 is 0 Å². The van der Waals surface area contributed by atoms with Gasteiger partial charge in [0.25, 0.3) is 0 Å². The highest BCUT2D eigenvalue weighted by atomic mass is 32.1. The van der Waals surface area contributed by atoms with Crippen LogP contribution in [0.25, 0.3) is 10.6 Å². The minimum absolute atomic E-state index is 0.136. The van der Waals surface area contributed by atoms with Crippen molar-refractivity contribution < 1.29 is 4.79 Å². The van der Waals surface area contributed by atoms with E-state index in [-0.39, 0.29) is 11.8 Å². The van der Waals surface area contributed by atoms with Gasteiger partial charge in [-0.15, -0.1) is 11.3 Å². The van der Waals surface area contributed by atoms with Crippen molar-refractivity contribution in [3.63, 3.8) is 0 Å². The molecular formula is C16H19N3OS. The van der Waals surface area contributed by atoms with Gasteiger partial charge in [0.1, 0.15) is 5.01 Å². The molecule has 0 bridgehead atoms. The Hall–Kier alpha value is -1.72. The zero-order valence-electron chi connectivity index (χ0n) is 12.1. The molecule has 1 aromatic heterocycles. The molecule has 2 aromatic rings. The topological polar surface area (TPSA) is 45.2 Å². The van der Waals surface area contributed by atoms with Gasteiger partial charge in [0.2, 0.25) is 5.91 Å². The summed E-state index contributed by atoms with van der Waals surface area (Å²) >= 11 is 1.63. The Morgan fingerprint density at radius 3 is 2.95 bits per heavy atom. The molecule has 1 aliphatic rings. The molecule has 0 radical (unpaired) electrons. The van der Waals surface area contributed by atoms with Gasteiger partial charge in [-0.2, -0.15) is 0 Å². The predicted molar refractivity (Wildman–Crippen MR) is 85.0 cm³/mol. The lowest BCUT2D eigenvalue weighted by Gasteiger charge is -2.10. The van der Waals surface area contributed by atoms with E-state index >= 15 is 0 Å². The number of hydrogen-bond acceptors (Lipinski definition) is 4. The van der Waals surface area contributed by atoms with E-state index in [2.05, 4.69) is 34.4 Å². The van der Waals surface area contributed by atoms with E-state index in [1.165, 1.54) is 0 Å². The summed E-state index contributed by atoms with van der Waals surface area (Å²) in [5.41, 5.74) is 1.12. The third-order valence-electron chi connectivity index (χ3n) is 3.77. The van der Waals surface area contributed by atoms with E-state index in [0.717, 1.165) is 35.0 Å². The number of carbonyl (C=O) groups is 1. The summed E-state index contributed by atoms with van der Waals surface area (Å²) in [6, 6.07) is 10.1. The monoisotopic (exact) mass is 301 g/mol. The van der Waals surface area contributed by atoms with Crippen LogP contribution in [0.3, 0.4) is 0 Å². The predicted octanol–water partition coefficient (Wildman–Crippen LogP) is 2.38. The Balaban J connectivity index is 1.57. The molecule has 0 unspecified atom stereocenters. The zero-order valence-corrected chi connectivity index (χ0v) is 12.9. The van der Waals surface area contributed by atoms with Gasteiger partial charge in [-0.05, 0) is 20.0 Å². The molecule has 1 atom stereocenters. The van der Waals surface area contributed by atoms with E-state index in [4.69, 9.17) is 0 Å². The summed E-state index contributed by atoms with van der Waals surface area (Å²) in [5.74, 6) is 0.297. The molecule has 3 rings (SSSR count). The van der Waals surface area contributed by atoms with Gasteiger partial charge in [-0.25, -0.2) is 4.98 Å². The Kier molecular flexibility index (Phi) is 4.31. The second-order valence-corrected chi connectivity index (χ2v) is 6.58. The summed E-state index contributed by atoms with van der Waals surface area (Å²) in [4.78, 5) is 19.8. The second-order valence-electron chi connectivity index (χ2n) is 5.46. The van der Waals surface area contributed by atoms with E-state index in [1.54, 1.807) is 11.3 Å². The highest BCUT2D eigenvalue weighted by molar-refractivity contribution is 7.15. The van der Waals surface area contributed by atoms with Gasteiger partial charge in [0.15, 0.2) is 0 Å². The molecule has 21 heavy (non-hydrogen) atoms. The largest absolute Gasteiger partial charge is 0.351 e. The van der Waals surface area contributed by atoms with Crippen molar-refractivity contribution in [1.82, 2.24) is 15.2 Å². The van der Waals surface area contributed by atoms with E-state index in [9.17, 15) is 4.79 Å². The molecule has 2 heterocycles. The van der Waals surface area contributed by atoms with Gasteiger partial charge in [-0.3, -0.25) is 4.79 Å². The number of thiazole rings is 1. The summed E-state index contributed by atoms with van der Waals surface area (Å²) < 4.78 is 0. The van der Waals surface area contributed by atoms with Crippen molar-refractivity contribution in [2.45, 2.75) is 13.0 Å². The Labute approximate surface area is 128 Å². The van der Waals surface area contributed by atoms with Crippen LogP contribution in [-0.2, 0) is 11.3 Å². The standard InChI is InChI=1S/C16H19N3OS/c1-19-8-7-13(11-19)15(20)17-9-14-10-18-16(21-14)12-5-3-2-4-6-12/h2-6,10,13H,7-9,11H2,1H3,(H,17,20)/t13-/m0/s1. The SMILES string of the molecule is CN1CC[C@H](C(=O)NCc2cnc(-c3ccccc3)s2)C1. The molecule has 1 aromatic carbocycles. The van der Waals surface area contributed by atoms with Crippen LogP contribution < -0.4 is 5.32 Å². The molecular weight excluding hydrogens is 282 g/mol. The molecule has 0 aliphatic carbocycles. The number of hydrogen-bond donors (Lipinski definition) is 1. The summed E-state index contributed by atoms with van der Waals surface area (Å²) in [6.45, 7) is 2.45. The first kappa shape index (κ1) is 14.2. The number of benzene rings is 1. The lowest BCUT2D eigenvalue weighted by Crippen LogP contribution is -2.31. The first-order chi connectivity index (χ1) is 10.2. The lowest BCUT2D eigenvalue weighted by molar-refractivity contribution is -0.124. The third-order valence-corrected chi connectivity index (χ3v) is 4.82. The fourth-order valence-electron chi connectivity index (χ4n) is 2.57. The zero-order chi connectivity index (χ0) is 14.7. The second kappa shape index (κ2) is 6.37. The lowest BCUT2D eigenvalue weighted by atomic mass is 10.1. The molecule has 110 valence electrons. The maximum Gasteiger partial charge on any atom is 0.224 e. The number of likely N-dealkylation sites (tertiary alicyclic amines) is 1. The molecule has 1 saturated heterocycles. The van der Waals surface area contributed by atoms with Crippen molar-refractivity contribution in [1.29, 1.82) is 0 Å². The van der Waals surface area contributed by atoms with Gasteiger partial charge >= 0.3 is 0 Å². The fourth-order valence-corrected chi connectivity index (χ4v) is 3.43. The van der Waals surface area contributed by atoms with Crippen LogP contribution in [0.2, 0.25) is 0 Å². The third kappa shape index (κ3) is 3.49. The average molecular weight is 301 g/mol. The molecule has 1 aliphatic heterocycles. The van der Waals surface area contributed by atoms with Crippen LogP contribution in [0.15, 0.2) is 36.5 Å². The number of carbonyl (C=O) groups excluding carboxylic acids is 1. The minimum atomic E-state index is 0.136. The van der Waals surface area contributed by atoms with Crippen LogP contribution in [0.4, 0.5) is 0 Å². The Morgan fingerprint density at radius 2 is 2.24 bits per heavy atom. The molecule has 1 fully saturated rings. The number of nitrogens with one attached hydrogen (secondary N) is 1. The van der Waals surface area contributed by atoms with Crippen LogP contribution in [0.5, 0.6) is 0 Å². The maximum atomic E-state index is 12.1. The van der Waals surface area contributed by atoms with E-state index in [1.807, 2.05) is 24.4 Å². The van der Waals surface area contributed by atoms with Crippen molar-refractivity contribution in [3.05, 3.63) is 41.4 Å². The van der Waals surface area contributed by atoms with Gasteiger partial charge < -0.3 is 10.2 Å². The summed E-state index contributed by atoms with van der Waals surface area (Å²) in [6.07, 6.45) is 2.81. The molecule has 1 amide bonds. The fraction of sp³-hybridized carbons (Fsp3) is 0.375. The van der Waals surface area contributed by atoms with Gasteiger partial charge in [0.05, 0.1) is 12.5 Å². The molecule has 0 spiro atoms. The highest BCUT2D eigenvalue weighted by Crippen LogP contribution is 2.24. The van der Waals surface area contributed by atoms with Crippen LogP contribution in [0, 0.1) is 5.92 Å². The van der Waals surface area contributed by atoms with Crippen LogP contribution in [0.1, 0.15) is 11.3 Å². The van der Waals surface area contributed by atoms with Gasteiger partial charge in [0, 0.05) is 23.2 Å². The van der Waals surface area contributed by atoms with Crippen molar-refractivity contribution in [2.75, 3.05) is 20.1 Å². The van der Waals surface area contributed by atoms with Crippen molar-refractivity contribution in [2.24, 2.45) is 5.92 Å². The Bertz CT molecular complexity index is 611. The smallest absolute Gasteiger partial charge is 0.224 e. The first-order valence-electron chi connectivity index (χ1n) is 7.19. The number of aromatic nitrogens is 1. The van der Waals surface area contributed by atoms with Crippen LogP contribution in [-0.4, -0.2) is 35.9 Å². The highest BCUT2D eigenvalue weighted by Gasteiger charge is 2.25. The quantitative estimate of drug-likeness (QED) is 0.943. The Morgan fingerprint density at radius 1 is 1.43 bits per heavy atom. The molecule has 1 N–H and O–H groups in total. The number of amides is 1. The maximum absolute atomic E-state index is 12.1.